The Balaban J connectivity index is 2.70. The van der Waals surface area contributed by atoms with Crippen LogP contribution in [0.25, 0.3) is 0 Å². The van der Waals surface area contributed by atoms with Crippen molar-refractivity contribution in [3.63, 3.8) is 0 Å². The molecule has 1 fully saturated rings. The topological polar surface area (TPSA) is 67.6 Å². The van der Waals surface area contributed by atoms with E-state index in [-0.39, 0.29) is 11.9 Å². The first kappa shape index (κ1) is 13.4. The normalized spacial score (nSPS) is 28.8. The van der Waals surface area contributed by atoms with Gasteiger partial charge in [-0.05, 0) is 25.7 Å². The molecule has 0 aromatic rings. The van der Waals surface area contributed by atoms with E-state index in [0.29, 0.717) is 18.6 Å². The molecular weight excluding hydrogens is 206 g/mol. The molecule has 3 N–H and O–H groups in total. The van der Waals surface area contributed by atoms with Crippen LogP contribution in [0, 0.1) is 5.92 Å². The summed E-state index contributed by atoms with van der Waals surface area (Å²) in [5, 5.41) is 0. The average molecular weight is 229 g/mol. The Kier molecular flexibility index (Phi) is 5.18. The summed E-state index contributed by atoms with van der Waals surface area (Å²) in [7, 11) is 1.61. The predicted molar refractivity (Wildman–Crippen MR) is 62.6 cm³/mol. The van der Waals surface area contributed by atoms with E-state index in [9.17, 15) is 4.79 Å². The summed E-state index contributed by atoms with van der Waals surface area (Å²) in [5.41, 5.74) is 2.22. The van der Waals surface area contributed by atoms with E-state index in [1.807, 2.05) is 0 Å². The van der Waals surface area contributed by atoms with Crippen molar-refractivity contribution in [2.75, 3.05) is 20.3 Å². The lowest BCUT2D eigenvalue weighted by Gasteiger charge is -2.40. The molecule has 3 atom stereocenters. The molecule has 0 bridgehead atoms. The molecule has 1 rings (SSSR count). The third-order valence-corrected chi connectivity index (χ3v) is 3.34. The summed E-state index contributed by atoms with van der Waals surface area (Å²) in [6.45, 7) is 5.68. The van der Waals surface area contributed by atoms with Crippen molar-refractivity contribution in [3.8, 4) is 0 Å². The molecule has 0 aromatic heterocycles. The second-order valence-electron chi connectivity index (χ2n) is 4.71. The van der Waals surface area contributed by atoms with Gasteiger partial charge in [0.25, 0.3) is 5.91 Å². The highest BCUT2D eigenvalue weighted by Crippen LogP contribution is 2.23. The number of likely N-dealkylation sites (tertiary alicyclic amines) is 1. The molecule has 0 saturated carbocycles. The van der Waals surface area contributed by atoms with Gasteiger partial charge in [0.15, 0.2) is 0 Å². The van der Waals surface area contributed by atoms with Crippen LogP contribution in [0.3, 0.4) is 0 Å². The van der Waals surface area contributed by atoms with Gasteiger partial charge in [-0.3, -0.25) is 15.1 Å². The van der Waals surface area contributed by atoms with Crippen LogP contribution in [0.1, 0.15) is 26.7 Å². The lowest BCUT2D eigenvalue weighted by atomic mass is 9.93. The molecule has 0 radical (unpaired) electrons. The number of methoxy groups -OCH3 is 1. The van der Waals surface area contributed by atoms with Crippen LogP contribution < -0.4 is 11.3 Å². The highest BCUT2D eigenvalue weighted by molar-refractivity contribution is 5.81. The van der Waals surface area contributed by atoms with Crippen LogP contribution in [0.5, 0.6) is 0 Å². The fourth-order valence-corrected chi connectivity index (χ4v) is 2.33. The molecule has 0 aliphatic carbocycles. The lowest BCUT2D eigenvalue weighted by molar-refractivity contribution is -0.130. The number of hydrazine groups is 1. The number of ether oxygens (including phenoxy) is 1. The summed E-state index contributed by atoms with van der Waals surface area (Å²) in [6, 6.07) is 0.140. The Bertz CT molecular complexity index is 235. The van der Waals surface area contributed by atoms with Crippen molar-refractivity contribution in [1.29, 1.82) is 0 Å². The first-order valence-electron chi connectivity index (χ1n) is 5.85. The smallest absolute Gasteiger partial charge is 0.253 e. The van der Waals surface area contributed by atoms with Gasteiger partial charge in [-0.25, -0.2) is 5.84 Å². The van der Waals surface area contributed by atoms with E-state index in [0.717, 1.165) is 13.0 Å². The van der Waals surface area contributed by atoms with Crippen molar-refractivity contribution in [3.05, 3.63) is 0 Å². The first-order chi connectivity index (χ1) is 7.60. The molecule has 1 heterocycles. The molecule has 3 unspecified atom stereocenters. The van der Waals surface area contributed by atoms with Crippen molar-refractivity contribution < 1.29 is 9.53 Å². The molecule has 1 saturated heterocycles. The molecule has 0 aromatic carbocycles. The quantitative estimate of drug-likeness (QED) is 0.408. The average Bonchev–Trinajstić information content (AvgIpc) is 2.28. The minimum absolute atomic E-state index is 0.164. The highest BCUT2D eigenvalue weighted by Gasteiger charge is 2.32. The van der Waals surface area contributed by atoms with Gasteiger partial charge in [0.05, 0.1) is 6.61 Å². The summed E-state index contributed by atoms with van der Waals surface area (Å²) in [6.07, 6.45) is 2.35. The number of nitrogens with one attached hydrogen (secondary N) is 1. The predicted octanol–water partition coefficient (Wildman–Crippen LogP) is 0.112. The standard InChI is InChI=1S/C11H23N3O2/c1-8-4-5-9(2)14(6-8)10(7-16-3)11(15)13-12/h8-10H,4-7,12H2,1-3H3,(H,13,15). The van der Waals surface area contributed by atoms with Crippen molar-refractivity contribution in [2.45, 2.75) is 38.8 Å². The van der Waals surface area contributed by atoms with E-state index >= 15 is 0 Å². The molecule has 1 aliphatic rings. The molecule has 94 valence electrons. The molecular formula is C11H23N3O2. The zero-order valence-corrected chi connectivity index (χ0v) is 10.4. The number of piperidine rings is 1. The molecule has 5 heteroatoms. The molecule has 0 spiro atoms. The Morgan fingerprint density at radius 3 is 2.81 bits per heavy atom. The van der Waals surface area contributed by atoms with Crippen LogP contribution >= 0.6 is 0 Å². The van der Waals surface area contributed by atoms with Gasteiger partial charge >= 0.3 is 0 Å². The summed E-state index contributed by atoms with van der Waals surface area (Å²) >= 11 is 0. The van der Waals surface area contributed by atoms with Crippen molar-refractivity contribution in [1.82, 2.24) is 10.3 Å². The number of rotatable bonds is 4. The minimum Gasteiger partial charge on any atom is -0.383 e. The summed E-state index contributed by atoms with van der Waals surface area (Å²) in [5.74, 6) is 5.67. The third-order valence-electron chi connectivity index (χ3n) is 3.34. The van der Waals surface area contributed by atoms with Gasteiger partial charge in [0.2, 0.25) is 0 Å². The summed E-state index contributed by atoms with van der Waals surface area (Å²) < 4.78 is 5.11. The number of nitrogens with two attached hydrogens (primary N) is 1. The fraction of sp³-hybridized carbons (Fsp3) is 0.909. The van der Waals surface area contributed by atoms with Gasteiger partial charge in [-0.1, -0.05) is 6.92 Å². The van der Waals surface area contributed by atoms with E-state index in [1.54, 1.807) is 7.11 Å². The van der Waals surface area contributed by atoms with E-state index in [4.69, 9.17) is 10.6 Å². The Morgan fingerprint density at radius 1 is 1.56 bits per heavy atom. The molecule has 1 amide bonds. The number of amides is 1. The maximum Gasteiger partial charge on any atom is 0.253 e. The van der Waals surface area contributed by atoms with Crippen LogP contribution in [-0.2, 0) is 9.53 Å². The summed E-state index contributed by atoms with van der Waals surface area (Å²) in [4.78, 5) is 13.9. The van der Waals surface area contributed by atoms with Crippen LogP contribution in [0.4, 0.5) is 0 Å². The van der Waals surface area contributed by atoms with Crippen LogP contribution in [-0.4, -0.2) is 43.2 Å². The third kappa shape index (κ3) is 3.17. The highest BCUT2D eigenvalue weighted by atomic mass is 16.5. The van der Waals surface area contributed by atoms with E-state index in [2.05, 4.69) is 24.2 Å². The second-order valence-corrected chi connectivity index (χ2v) is 4.71. The van der Waals surface area contributed by atoms with Crippen molar-refractivity contribution in [2.24, 2.45) is 11.8 Å². The first-order valence-corrected chi connectivity index (χ1v) is 5.85. The van der Waals surface area contributed by atoms with Crippen LogP contribution in [0.2, 0.25) is 0 Å². The Hall–Kier alpha value is -0.650. The van der Waals surface area contributed by atoms with Gasteiger partial charge in [0.1, 0.15) is 6.04 Å². The second kappa shape index (κ2) is 6.18. The lowest BCUT2D eigenvalue weighted by Crippen LogP contribution is -2.56. The van der Waals surface area contributed by atoms with Crippen LogP contribution in [0.15, 0.2) is 0 Å². The Morgan fingerprint density at radius 2 is 2.25 bits per heavy atom. The zero-order chi connectivity index (χ0) is 12.1. The number of nitrogens with zero attached hydrogens (tertiary/aromatic N) is 1. The number of carbonyl (C=O) groups is 1. The molecule has 5 nitrogen and oxygen atoms in total. The Labute approximate surface area is 97.3 Å². The number of hydrogen-bond acceptors (Lipinski definition) is 4. The SMILES string of the molecule is COCC(C(=O)NN)N1CC(C)CCC1C. The number of carbonyl (C=O) groups excluding carboxylic acids is 1. The maximum absolute atomic E-state index is 11.7. The molecule has 16 heavy (non-hydrogen) atoms. The van der Waals surface area contributed by atoms with Gasteiger partial charge in [-0.15, -0.1) is 0 Å². The zero-order valence-electron chi connectivity index (χ0n) is 10.4. The van der Waals surface area contributed by atoms with E-state index < -0.39 is 0 Å². The molecule has 1 aliphatic heterocycles. The van der Waals surface area contributed by atoms with E-state index in [1.165, 1.54) is 6.42 Å². The largest absolute Gasteiger partial charge is 0.383 e. The fourth-order valence-electron chi connectivity index (χ4n) is 2.33. The monoisotopic (exact) mass is 229 g/mol. The van der Waals surface area contributed by atoms with Gasteiger partial charge < -0.3 is 4.74 Å². The minimum atomic E-state index is -0.271. The van der Waals surface area contributed by atoms with Gasteiger partial charge in [-0.2, -0.15) is 0 Å². The van der Waals surface area contributed by atoms with Crippen molar-refractivity contribution >= 4 is 5.91 Å². The number of hydrogen-bond donors (Lipinski definition) is 2. The van der Waals surface area contributed by atoms with Gasteiger partial charge in [0, 0.05) is 19.7 Å². The maximum atomic E-state index is 11.7.